The van der Waals surface area contributed by atoms with Crippen LogP contribution in [0.15, 0.2) is 0 Å². The van der Waals surface area contributed by atoms with Crippen LogP contribution in [0.5, 0.6) is 0 Å². The molecular formula is HCl5Pt. The van der Waals surface area contributed by atoms with Crippen LogP contribution in [0.25, 0.3) is 0 Å². The van der Waals surface area contributed by atoms with Crippen molar-refractivity contribution < 1.29 is 11.9 Å². The molecule has 0 rings (SSSR count). The second-order valence-corrected chi connectivity index (χ2v) is 20.0. The molecule has 46 valence electrons. The van der Waals surface area contributed by atoms with Gasteiger partial charge in [0.05, 0.1) is 0 Å². The van der Waals surface area contributed by atoms with E-state index in [1.165, 1.54) is 0 Å². The van der Waals surface area contributed by atoms with E-state index in [1.807, 2.05) is 0 Å². The molecule has 0 aromatic heterocycles. The SMILES string of the molecule is Cl.[Cl][Pt]([Cl])([Cl])[Cl]. The van der Waals surface area contributed by atoms with Crippen molar-refractivity contribution in [3.63, 3.8) is 0 Å². The molecule has 0 bridgehead atoms. The molecular weight excluding hydrogens is 372 g/mol. The average molecular weight is 373 g/mol. The van der Waals surface area contributed by atoms with Crippen LogP contribution in [0.2, 0.25) is 0 Å². The number of hydrogen-bond donors (Lipinski definition) is 0. The Kier molecular flexibility index (Phi) is 7.45. The first-order valence-corrected chi connectivity index (χ1v) is 11.7. The molecule has 0 nitrogen and oxygen atoms in total. The Morgan fingerprint density at radius 1 is 0.833 bits per heavy atom. The number of rotatable bonds is 0. The summed E-state index contributed by atoms with van der Waals surface area (Å²) in [4.78, 5) is 0. The van der Waals surface area contributed by atoms with Crippen molar-refractivity contribution >= 4 is 50.1 Å². The minimum atomic E-state index is -3.06. The van der Waals surface area contributed by atoms with Gasteiger partial charge in [-0.3, -0.25) is 0 Å². The molecule has 0 aromatic carbocycles. The standard InChI is InChI=1S/5ClH.Pt/h5*1H;/q;;;;;+4/p-4. The maximum atomic E-state index is 5.01. The second-order valence-electron chi connectivity index (χ2n) is 0.271. The van der Waals surface area contributed by atoms with Crippen LogP contribution >= 0.6 is 50.1 Å². The summed E-state index contributed by atoms with van der Waals surface area (Å²) in [5.41, 5.74) is 0. The fraction of sp³-hybridized carbons (Fsp3) is 0. The Morgan fingerprint density at radius 3 is 0.833 bits per heavy atom. The molecule has 0 aliphatic carbocycles. The van der Waals surface area contributed by atoms with Crippen molar-refractivity contribution in [3.8, 4) is 0 Å². The van der Waals surface area contributed by atoms with Crippen molar-refractivity contribution in [1.29, 1.82) is 0 Å². The number of hydrogen-bond acceptors (Lipinski definition) is 0. The summed E-state index contributed by atoms with van der Waals surface area (Å²) in [6.45, 7) is 0. The van der Waals surface area contributed by atoms with Crippen LogP contribution in [0.4, 0.5) is 0 Å². The van der Waals surface area contributed by atoms with Crippen molar-refractivity contribution in [2.24, 2.45) is 0 Å². The molecule has 0 heterocycles. The van der Waals surface area contributed by atoms with E-state index in [1.54, 1.807) is 0 Å². The Bertz CT molecular complexity index is 19.4. The van der Waals surface area contributed by atoms with E-state index in [0.717, 1.165) is 0 Å². The van der Waals surface area contributed by atoms with Gasteiger partial charge < -0.3 is 0 Å². The van der Waals surface area contributed by atoms with Gasteiger partial charge in [0.1, 0.15) is 0 Å². The fourth-order valence-electron chi connectivity index (χ4n) is 0. The third kappa shape index (κ3) is 35.4. The third-order valence-corrected chi connectivity index (χ3v) is 0. The second kappa shape index (κ2) is 4.06. The van der Waals surface area contributed by atoms with Crippen LogP contribution in [0.3, 0.4) is 0 Å². The first kappa shape index (κ1) is 11.0. The quantitative estimate of drug-likeness (QED) is 0.612. The Hall–Kier alpha value is 2.14. The van der Waals surface area contributed by atoms with Gasteiger partial charge in [0, 0.05) is 0 Å². The molecule has 0 radical (unpaired) electrons. The van der Waals surface area contributed by atoms with E-state index in [2.05, 4.69) is 0 Å². The summed E-state index contributed by atoms with van der Waals surface area (Å²) in [6, 6.07) is 0. The van der Waals surface area contributed by atoms with Gasteiger partial charge in [0.15, 0.2) is 0 Å². The van der Waals surface area contributed by atoms with Gasteiger partial charge in [0.25, 0.3) is 0 Å². The predicted octanol–water partition coefficient (Wildman–Crippen LogP) is 3.18. The molecule has 6 heavy (non-hydrogen) atoms. The first-order valence-electron chi connectivity index (χ1n) is 0.478. The summed E-state index contributed by atoms with van der Waals surface area (Å²) in [6.07, 6.45) is 0. The van der Waals surface area contributed by atoms with Gasteiger partial charge in [-0.1, -0.05) is 0 Å². The van der Waals surface area contributed by atoms with Gasteiger partial charge in [0.2, 0.25) is 0 Å². The van der Waals surface area contributed by atoms with Crippen molar-refractivity contribution in [3.05, 3.63) is 0 Å². The van der Waals surface area contributed by atoms with Gasteiger partial charge in [-0.2, -0.15) is 0 Å². The van der Waals surface area contributed by atoms with Crippen LogP contribution in [-0.4, -0.2) is 0 Å². The molecule has 0 aromatic rings. The Balaban J connectivity index is 0. The zero-order valence-electron chi connectivity index (χ0n) is 2.24. The molecule has 0 amide bonds. The monoisotopic (exact) mass is 371 g/mol. The number of halogens is 5. The van der Waals surface area contributed by atoms with Crippen LogP contribution in [0.1, 0.15) is 0 Å². The fourth-order valence-corrected chi connectivity index (χ4v) is 0. The molecule has 0 saturated heterocycles. The predicted molar refractivity (Wildman–Crippen MR) is 30.7 cm³/mol. The van der Waals surface area contributed by atoms with Crippen molar-refractivity contribution in [2.45, 2.75) is 0 Å². The zero-order chi connectivity index (χ0) is 4.50. The van der Waals surface area contributed by atoms with Crippen LogP contribution in [0, 0.1) is 0 Å². The van der Waals surface area contributed by atoms with Crippen LogP contribution < -0.4 is 0 Å². The summed E-state index contributed by atoms with van der Waals surface area (Å²) >= 11 is -3.06. The third-order valence-electron chi connectivity index (χ3n) is 0. The van der Waals surface area contributed by atoms with E-state index in [0.29, 0.717) is 0 Å². The van der Waals surface area contributed by atoms with Gasteiger partial charge >= 0.3 is 49.6 Å². The molecule has 0 aliphatic heterocycles. The molecule has 0 N–H and O–H groups in total. The molecule has 0 fully saturated rings. The molecule has 0 aliphatic rings. The Morgan fingerprint density at radius 2 is 0.833 bits per heavy atom. The molecule has 6 heteroatoms. The summed E-state index contributed by atoms with van der Waals surface area (Å²) in [7, 11) is 20.0. The topological polar surface area (TPSA) is 0 Å². The molecule has 0 spiro atoms. The van der Waals surface area contributed by atoms with E-state index in [-0.39, 0.29) is 12.4 Å². The zero-order valence-corrected chi connectivity index (χ0v) is 8.35. The molecule has 0 unspecified atom stereocenters. The van der Waals surface area contributed by atoms with Gasteiger partial charge in [-0.05, 0) is 0 Å². The average Bonchev–Trinajstić information content (AvgIpc) is 0.722. The summed E-state index contributed by atoms with van der Waals surface area (Å²) in [5.74, 6) is 0. The molecule has 0 saturated carbocycles. The first-order chi connectivity index (χ1) is 2.00. The van der Waals surface area contributed by atoms with E-state index in [4.69, 9.17) is 37.7 Å². The van der Waals surface area contributed by atoms with Crippen molar-refractivity contribution in [1.82, 2.24) is 0 Å². The van der Waals surface area contributed by atoms with Gasteiger partial charge in [-0.15, -0.1) is 12.4 Å². The van der Waals surface area contributed by atoms with E-state index >= 15 is 0 Å². The van der Waals surface area contributed by atoms with Crippen LogP contribution in [-0.2, 0) is 11.9 Å². The minimum absolute atomic E-state index is 0. The van der Waals surface area contributed by atoms with E-state index < -0.39 is 11.9 Å². The maximum absolute atomic E-state index is 5.01. The normalized spacial score (nSPS) is 12.7. The Labute approximate surface area is 61.4 Å². The summed E-state index contributed by atoms with van der Waals surface area (Å²) < 4.78 is 0. The van der Waals surface area contributed by atoms with Gasteiger partial charge in [-0.25, -0.2) is 0 Å². The molecule has 0 atom stereocenters. The van der Waals surface area contributed by atoms with E-state index in [9.17, 15) is 0 Å². The summed E-state index contributed by atoms with van der Waals surface area (Å²) in [5, 5.41) is 0. The van der Waals surface area contributed by atoms with Crippen molar-refractivity contribution in [2.75, 3.05) is 0 Å².